The van der Waals surface area contributed by atoms with Crippen molar-refractivity contribution in [1.82, 2.24) is 9.80 Å². The third-order valence-electron chi connectivity index (χ3n) is 3.53. The van der Waals surface area contributed by atoms with E-state index in [1.54, 1.807) is 6.08 Å². The van der Waals surface area contributed by atoms with Gasteiger partial charge in [0.2, 0.25) is 0 Å². The van der Waals surface area contributed by atoms with Crippen LogP contribution < -0.4 is 0 Å². The van der Waals surface area contributed by atoms with Crippen LogP contribution in [0.2, 0.25) is 0 Å². The van der Waals surface area contributed by atoms with Crippen LogP contribution in [0.25, 0.3) is 0 Å². The lowest BCUT2D eigenvalue weighted by atomic mass is 10.0. The van der Waals surface area contributed by atoms with E-state index in [0.717, 1.165) is 4.90 Å². The number of carbonyl (C=O) groups excluding carboxylic acids is 2. The van der Waals surface area contributed by atoms with Gasteiger partial charge in [-0.05, 0) is 18.3 Å². The van der Waals surface area contributed by atoms with Gasteiger partial charge in [0.05, 0.1) is 0 Å². The van der Waals surface area contributed by atoms with Gasteiger partial charge in [-0.25, -0.2) is 14.5 Å². The average molecular weight is 296 g/mol. The number of rotatable bonds is 7. The molecule has 1 saturated heterocycles. The summed E-state index contributed by atoms with van der Waals surface area (Å²) in [7, 11) is 0. The first-order valence-corrected chi connectivity index (χ1v) is 7.19. The van der Waals surface area contributed by atoms with Gasteiger partial charge in [0, 0.05) is 6.54 Å². The van der Waals surface area contributed by atoms with E-state index in [-0.39, 0.29) is 24.8 Å². The summed E-state index contributed by atoms with van der Waals surface area (Å²) in [5.41, 5.74) is 0. The first-order chi connectivity index (χ1) is 9.72. The topological polar surface area (TPSA) is 77.9 Å². The van der Waals surface area contributed by atoms with Crippen molar-refractivity contribution in [3.63, 3.8) is 0 Å². The molecule has 1 N–H and O–H groups in total. The molecule has 1 aliphatic rings. The van der Waals surface area contributed by atoms with Crippen LogP contribution in [0.5, 0.6) is 0 Å². The molecule has 2 unspecified atom stereocenters. The smallest absolute Gasteiger partial charge is 0.328 e. The van der Waals surface area contributed by atoms with Crippen LogP contribution in [0, 0.1) is 11.8 Å². The molecule has 1 heterocycles. The standard InChI is InChI=1S/C15H24N2O4/c1-6-7-16-12(10(4)5)13(18)17(15(16)21)11(14(19)20)8-9(2)3/h6,9-12H,1,7-8H2,2-5H3,(H,19,20). The van der Waals surface area contributed by atoms with Crippen molar-refractivity contribution in [2.45, 2.75) is 46.2 Å². The van der Waals surface area contributed by atoms with Crippen molar-refractivity contribution < 1.29 is 19.5 Å². The van der Waals surface area contributed by atoms with Gasteiger partial charge in [-0.2, -0.15) is 0 Å². The molecule has 6 heteroatoms. The van der Waals surface area contributed by atoms with E-state index in [0.29, 0.717) is 0 Å². The predicted molar refractivity (Wildman–Crippen MR) is 78.6 cm³/mol. The molecule has 0 aromatic carbocycles. The van der Waals surface area contributed by atoms with Crippen molar-refractivity contribution in [3.05, 3.63) is 12.7 Å². The van der Waals surface area contributed by atoms with Crippen LogP contribution in [0.4, 0.5) is 4.79 Å². The number of carbonyl (C=O) groups is 3. The van der Waals surface area contributed by atoms with Crippen LogP contribution in [-0.2, 0) is 9.59 Å². The number of carboxylic acid groups (broad SMARTS) is 1. The first kappa shape index (κ1) is 17.2. The second-order valence-corrected chi connectivity index (χ2v) is 6.10. The van der Waals surface area contributed by atoms with Crippen LogP contribution in [0.15, 0.2) is 12.7 Å². The SMILES string of the molecule is C=CCN1C(=O)N(C(CC(C)C)C(=O)O)C(=O)C1C(C)C. The zero-order chi connectivity index (χ0) is 16.3. The molecule has 21 heavy (non-hydrogen) atoms. The maximum Gasteiger partial charge on any atom is 0.328 e. The molecule has 0 radical (unpaired) electrons. The summed E-state index contributed by atoms with van der Waals surface area (Å²) in [6.07, 6.45) is 1.79. The normalized spacial score (nSPS) is 20.6. The first-order valence-electron chi connectivity index (χ1n) is 7.19. The summed E-state index contributed by atoms with van der Waals surface area (Å²) in [4.78, 5) is 38.8. The molecule has 3 amide bonds. The second-order valence-electron chi connectivity index (χ2n) is 6.10. The fourth-order valence-corrected chi connectivity index (χ4v) is 2.65. The van der Waals surface area contributed by atoms with Gasteiger partial charge in [0.15, 0.2) is 0 Å². The molecule has 1 fully saturated rings. The lowest BCUT2D eigenvalue weighted by molar-refractivity contribution is -0.147. The molecule has 0 aromatic heterocycles. The highest BCUT2D eigenvalue weighted by molar-refractivity contribution is 6.07. The van der Waals surface area contributed by atoms with Crippen molar-refractivity contribution in [2.24, 2.45) is 11.8 Å². The van der Waals surface area contributed by atoms with E-state index < -0.39 is 30.0 Å². The number of amides is 3. The zero-order valence-corrected chi connectivity index (χ0v) is 13.1. The molecule has 0 bridgehead atoms. The lowest BCUT2D eigenvalue weighted by Gasteiger charge is -2.24. The Morgan fingerprint density at radius 2 is 1.90 bits per heavy atom. The molecule has 6 nitrogen and oxygen atoms in total. The minimum atomic E-state index is -1.15. The van der Waals surface area contributed by atoms with Crippen molar-refractivity contribution >= 4 is 17.9 Å². The Kier molecular flexibility index (Phi) is 5.52. The highest BCUT2D eigenvalue weighted by Gasteiger charge is 2.50. The molecular formula is C15H24N2O4. The van der Waals surface area contributed by atoms with Gasteiger partial charge < -0.3 is 10.0 Å². The largest absolute Gasteiger partial charge is 0.480 e. The Hall–Kier alpha value is -1.85. The second kappa shape index (κ2) is 6.74. The highest BCUT2D eigenvalue weighted by atomic mass is 16.4. The van der Waals surface area contributed by atoms with Gasteiger partial charge in [0.1, 0.15) is 12.1 Å². The number of carboxylic acids is 1. The number of urea groups is 1. The Labute approximate surface area is 125 Å². The summed E-state index contributed by atoms with van der Waals surface area (Å²) < 4.78 is 0. The van der Waals surface area contributed by atoms with Crippen molar-refractivity contribution in [2.75, 3.05) is 6.54 Å². The van der Waals surface area contributed by atoms with Gasteiger partial charge in [0.25, 0.3) is 5.91 Å². The summed E-state index contributed by atoms with van der Waals surface area (Å²) in [5.74, 6) is -1.59. The number of hydrogen-bond donors (Lipinski definition) is 1. The van der Waals surface area contributed by atoms with Crippen molar-refractivity contribution in [3.8, 4) is 0 Å². The van der Waals surface area contributed by atoms with Crippen LogP contribution >= 0.6 is 0 Å². The number of imide groups is 1. The van der Waals surface area contributed by atoms with Crippen LogP contribution in [-0.4, -0.2) is 51.4 Å². The molecule has 0 saturated carbocycles. The number of nitrogens with zero attached hydrogens (tertiary/aromatic N) is 2. The molecule has 2 atom stereocenters. The minimum Gasteiger partial charge on any atom is -0.480 e. The van der Waals surface area contributed by atoms with E-state index in [1.807, 2.05) is 27.7 Å². The van der Waals surface area contributed by atoms with E-state index in [1.165, 1.54) is 4.90 Å². The maximum atomic E-state index is 12.5. The minimum absolute atomic E-state index is 0.0673. The lowest BCUT2D eigenvalue weighted by Crippen LogP contribution is -2.46. The fraction of sp³-hybridized carbons (Fsp3) is 0.667. The fourth-order valence-electron chi connectivity index (χ4n) is 2.65. The zero-order valence-electron chi connectivity index (χ0n) is 13.1. The third-order valence-corrected chi connectivity index (χ3v) is 3.53. The van der Waals surface area contributed by atoms with Crippen molar-refractivity contribution in [1.29, 1.82) is 0 Å². The Bertz CT molecular complexity index is 445. The molecule has 0 spiro atoms. The Morgan fingerprint density at radius 3 is 2.29 bits per heavy atom. The van der Waals surface area contributed by atoms with E-state index in [2.05, 4.69) is 6.58 Å². The Morgan fingerprint density at radius 1 is 1.33 bits per heavy atom. The Balaban J connectivity index is 3.16. The predicted octanol–water partition coefficient (Wildman–Crippen LogP) is 1.96. The average Bonchev–Trinajstić information content (AvgIpc) is 2.59. The summed E-state index contributed by atoms with van der Waals surface area (Å²) in [6, 6.07) is -2.27. The number of hydrogen-bond acceptors (Lipinski definition) is 3. The molecule has 0 aliphatic carbocycles. The molecule has 0 aromatic rings. The van der Waals surface area contributed by atoms with E-state index in [4.69, 9.17) is 0 Å². The van der Waals surface area contributed by atoms with Gasteiger partial charge in [-0.15, -0.1) is 6.58 Å². The quantitative estimate of drug-likeness (QED) is 0.575. The van der Waals surface area contributed by atoms with Gasteiger partial charge in [-0.3, -0.25) is 4.79 Å². The van der Waals surface area contributed by atoms with E-state index in [9.17, 15) is 19.5 Å². The maximum absolute atomic E-state index is 12.5. The molecule has 1 rings (SSSR count). The number of aliphatic carboxylic acids is 1. The summed E-state index contributed by atoms with van der Waals surface area (Å²) in [5, 5.41) is 9.37. The molecule has 118 valence electrons. The van der Waals surface area contributed by atoms with Crippen LogP contribution in [0.1, 0.15) is 34.1 Å². The third kappa shape index (κ3) is 3.43. The van der Waals surface area contributed by atoms with E-state index >= 15 is 0 Å². The molecular weight excluding hydrogens is 272 g/mol. The molecule has 1 aliphatic heterocycles. The van der Waals surface area contributed by atoms with Gasteiger partial charge in [-0.1, -0.05) is 33.8 Å². The summed E-state index contributed by atoms with van der Waals surface area (Å²) in [6.45, 7) is 11.2. The highest BCUT2D eigenvalue weighted by Crippen LogP contribution is 2.27. The summed E-state index contributed by atoms with van der Waals surface area (Å²) >= 11 is 0. The monoisotopic (exact) mass is 296 g/mol. The van der Waals surface area contributed by atoms with Crippen LogP contribution in [0.3, 0.4) is 0 Å². The van der Waals surface area contributed by atoms with Gasteiger partial charge >= 0.3 is 12.0 Å².